The summed E-state index contributed by atoms with van der Waals surface area (Å²) >= 11 is 0. The van der Waals surface area contributed by atoms with Gasteiger partial charge in [0.2, 0.25) is 0 Å². The summed E-state index contributed by atoms with van der Waals surface area (Å²) in [5.74, 6) is -0.417. The second-order valence-corrected chi connectivity index (χ2v) is 8.61. The van der Waals surface area contributed by atoms with E-state index in [1.165, 1.54) is 11.1 Å². The van der Waals surface area contributed by atoms with Crippen LogP contribution in [0, 0.1) is 6.92 Å². The van der Waals surface area contributed by atoms with Gasteiger partial charge >= 0.3 is 6.09 Å². The first-order valence-corrected chi connectivity index (χ1v) is 9.54. The largest absolute Gasteiger partial charge is 0.444 e. The van der Waals surface area contributed by atoms with Crippen LogP contribution in [-0.2, 0) is 19.6 Å². The number of carbonyl (C=O) groups is 1. The Hall–Kier alpha value is -1.59. The number of rotatable bonds is 3. The summed E-state index contributed by atoms with van der Waals surface area (Å²) in [6.45, 7) is 9.64. The fourth-order valence-electron chi connectivity index (χ4n) is 3.99. The van der Waals surface area contributed by atoms with E-state index in [0.717, 1.165) is 25.7 Å². The lowest BCUT2D eigenvalue weighted by molar-refractivity contribution is -0.184. The van der Waals surface area contributed by atoms with E-state index in [1.54, 1.807) is 0 Å². The molecule has 1 amide bonds. The minimum absolute atomic E-state index is 0.122. The Bertz CT molecular complexity index is 634. The van der Waals surface area contributed by atoms with E-state index in [1.807, 2.05) is 20.8 Å². The van der Waals surface area contributed by atoms with Gasteiger partial charge in [-0.3, -0.25) is 0 Å². The second-order valence-electron chi connectivity index (χ2n) is 8.61. The van der Waals surface area contributed by atoms with Crippen molar-refractivity contribution < 1.29 is 19.0 Å². The molecule has 1 saturated carbocycles. The van der Waals surface area contributed by atoms with E-state index < -0.39 is 11.4 Å². The highest BCUT2D eigenvalue weighted by Gasteiger charge is 2.47. The van der Waals surface area contributed by atoms with Crippen LogP contribution in [0.15, 0.2) is 24.3 Å². The van der Waals surface area contributed by atoms with Gasteiger partial charge in [0, 0.05) is 24.8 Å². The van der Waals surface area contributed by atoms with Crippen molar-refractivity contribution in [3.05, 3.63) is 35.4 Å². The predicted molar refractivity (Wildman–Crippen MR) is 100 cm³/mol. The van der Waals surface area contributed by atoms with E-state index in [4.69, 9.17) is 14.2 Å². The van der Waals surface area contributed by atoms with Crippen LogP contribution in [0.2, 0.25) is 0 Å². The molecule has 5 nitrogen and oxygen atoms in total. The zero-order chi connectivity index (χ0) is 18.8. The summed E-state index contributed by atoms with van der Waals surface area (Å²) in [5.41, 5.74) is 1.88. The Morgan fingerprint density at radius 1 is 1.15 bits per heavy atom. The van der Waals surface area contributed by atoms with Gasteiger partial charge in [0.05, 0.1) is 13.2 Å². The van der Waals surface area contributed by atoms with E-state index in [9.17, 15) is 4.79 Å². The Morgan fingerprint density at radius 3 is 2.38 bits per heavy atom. The molecule has 0 unspecified atom stereocenters. The van der Waals surface area contributed by atoms with Crippen molar-refractivity contribution in [1.82, 2.24) is 5.32 Å². The first-order valence-electron chi connectivity index (χ1n) is 9.54. The van der Waals surface area contributed by atoms with Gasteiger partial charge in [0.1, 0.15) is 5.60 Å². The van der Waals surface area contributed by atoms with Gasteiger partial charge in [0.25, 0.3) is 0 Å². The molecule has 0 radical (unpaired) electrons. The molecule has 1 aromatic carbocycles. The van der Waals surface area contributed by atoms with Crippen LogP contribution >= 0.6 is 0 Å². The van der Waals surface area contributed by atoms with Crippen molar-refractivity contribution in [3.63, 3.8) is 0 Å². The number of ether oxygens (including phenoxy) is 3. The fraction of sp³-hybridized carbons (Fsp3) is 0.667. The van der Waals surface area contributed by atoms with Gasteiger partial charge in [-0.2, -0.15) is 0 Å². The summed E-state index contributed by atoms with van der Waals surface area (Å²) in [6, 6.07) is 8.59. The van der Waals surface area contributed by atoms with Gasteiger partial charge in [-0.25, -0.2) is 4.79 Å². The molecule has 1 saturated heterocycles. The first-order chi connectivity index (χ1) is 12.2. The van der Waals surface area contributed by atoms with Gasteiger partial charge < -0.3 is 19.5 Å². The van der Waals surface area contributed by atoms with E-state index >= 15 is 0 Å². The van der Waals surface area contributed by atoms with Gasteiger partial charge in [-0.15, -0.1) is 0 Å². The van der Waals surface area contributed by atoms with E-state index in [-0.39, 0.29) is 11.5 Å². The molecule has 2 aliphatic rings. The topological polar surface area (TPSA) is 56.8 Å². The summed E-state index contributed by atoms with van der Waals surface area (Å²) in [7, 11) is 0. The molecule has 3 rings (SSSR count). The number of carbonyl (C=O) groups excluding carboxylic acids is 1. The number of aryl methyl sites for hydroxylation is 1. The van der Waals surface area contributed by atoms with Crippen LogP contribution in [0.5, 0.6) is 0 Å². The summed E-state index contributed by atoms with van der Waals surface area (Å²) in [4.78, 5) is 12.2. The molecule has 0 atom stereocenters. The van der Waals surface area contributed by atoms with Crippen LogP contribution in [0.1, 0.15) is 57.6 Å². The Morgan fingerprint density at radius 2 is 1.81 bits per heavy atom. The van der Waals surface area contributed by atoms with Crippen molar-refractivity contribution >= 4 is 6.09 Å². The quantitative estimate of drug-likeness (QED) is 0.881. The van der Waals surface area contributed by atoms with Crippen molar-refractivity contribution in [1.29, 1.82) is 0 Å². The van der Waals surface area contributed by atoms with Crippen molar-refractivity contribution in [3.8, 4) is 0 Å². The predicted octanol–water partition coefficient (Wildman–Crippen LogP) is 4.07. The van der Waals surface area contributed by atoms with Gasteiger partial charge in [-0.1, -0.05) is 29.8 Å². The maximum Gasteiger partial charge on any atom is 0.407 e. The number of amides is 1. The van der Waals surface area contributed by atoms with Crippen LogP contribution in [0.4, 0.5) is 4.79 Å². The van der Waals surface area contributed by atoms with E-state index in [0.29, 0.717) is 19.8 Å². The molecule has 26 heavy (non-hydrogen) atoms. The minimum Gasteiger partial charge on any atom is -0.444 e. The van der Waals surface area contributed by atoms with Crippen molar-refractivity contribution in [2.45, 2.75) is 70.2 Å². The third-order valence-corrected chi connectivity index (χ3v) is 5.38. The number of benzene rings is 1. The van der Waals surface area contributed by atoms with Gasteiger partial charge in [0.15, 0.2) is 5.79 Å². The van der Waals surface area contributed by atoms with Crippen LogP contribution < -0.4 is 5.32 Å². The number of hydrogen-bond acceptors (Lipinski definition) is 4. The number of hydrogen-bond donors (Lipinski definition) is 1. The lowest BCUT2D eigenvalue weighted by Gasteiger charge is -2.44. The molecular formula is C21H31NO4. The maximum absolute atomic E-state index is 12.2. The summed E-state index contributed by atoms with van der Waals surface area (Å²) in [5, 5.41) is 3.00. The first kappa shape index (κ1) is 19.2. The van der Waals surface area contributed by atoms with E-state index in [2.05, 4.69) is 36.5 Å². The minimum atomic E-state index is -0.497. The molecule has 1 heterocycles. The van der Waals surface area contributed by atoms with Crippen molar-refractivity contribution in [2.75, 3.05) is 19.8 Å². The molecule has 5 heteroatoms. The van der Waals surface area contributed by atoms with Gasteiger partial charge in [-0.05, 0) is 46.1 Å². The maximum atomic E-state index is 12.2. The van der Waals surface area contributed by atoms with Crippen molar-refractivity contribution in [2.24, 2.45) is 0 Å². The zero-order valence-corrected chi connectivity index (χ0v) is 16.4. The number of alkyl carbamates (subject to hydrolysis) is 1. The fourth-order valence-corrected chi connectivity index (χ4v) is 3.99. The second kappa shape index (κ2) is 7.20. The molecule has 0 aromatic heterocycles. The average molecular weight is 361 g/mol. The lowest BCUT2D eigenvalue weighted by Crippen LogP contribution is -2.48. The smallest absolute Gasteiger partial charge is 0.407 e. The molecule has 1 aliphatic carbocycles. The Labute approximate surface area is 156 Å². The molecule has 1 aliphatic heterocycles. The zero-order valence-electron chi connectivity index (χ0n) is 16.4. The normalized spacial score (nSPS) is 21.5. The molecule has 1 N–H and O–H groups in total. The number of nitrogens with one attached hydrogen (secondary N) is 1. The van der Waals surface area contributed by atoms with Crippen LogP contribution in [-0.4, -0.2) is 37.2 Å². The highest BCUT2D eigenvalue weighted by molar-refractivity contribution is 5.67. The highest BCUT2D eigenvalue weighted by Crippen LogP contribution is 2.46. The summed E-state index contributed by atoms with van der Waals surface area (Å²) < 4.78 is 17.2. The molecule has 1 spiro atoms. The monoisotopic (exact) mass is 361 g/mol. The highest BCUT2D eigenvalue weighted by atomic mass is 16.7. The SMILES string of the molecule is Cc1cccc(C2(CNC(=O)OC(C)(C)C)CCC3(CC2)OCCO3)c1. The van der Waals surface area contributed by atoms with Crippen LogP contribution in [0.25, 0.3) is 0 Å². The molecule has 2 fully saturated rings. The molecule has 1 aromatic rings. The Balaban J connectivity index is 1.76. The molecular weight excluding hydrogens is 330 g/mol. The average Bonchev–Trinajstić information content (AvgIpc) is 3.02. The van der Waals surface area contributed by atoms with Crippen LogP contribution in [0.3, 0.4) is 0 Å². The molecule has 0 bridgehead atoms. The standard InChI is InChI=1S/C21H31NO4/c1-16-6-5-7-17(14-16)20(15-22-18(23)26-19(2,3)4)8-10-21(11-9-20)24-12-13-25-21/h5-7,14H,8-13,15H2,1-4H3,(H,22,23). The Kier molecular flexibility index (Phi) is 5.31. The lowest BCUT2D eigenvalue weighted by atomic mass is 9.67. The molecule has 144 valence electrons. The summed E-state index contributed by atoms with van der Waals surface area (Å²) in [6.07, 6.45) is 3.14. The third kappa shape index (κ3) is 4.38. The third-order valence-electron chi connectivity index (χ3n) is 5.38.